The number of nitrogens with one attached hydrogen (secondary N) is 3. The van der Waals surface area contributed by atoms with Crippen molar-refractivity contribution in [1.29, 1.82) is 0 Å². The van der Waals surface area contributed by atoms with Crippen molar-refractivity contribution in [1.82, 2.24) is 15.6 Å². The lowest BCUT2D eigenvalue weighted by Crippen LogP contribution is -2.43. The van der Waals surface area contributed by atoms with Crippen molar-refractivity contribution in [3.8, 4) is 0 Å². The van der Waals surface area contributed by atoms with Gasteiger partial charge in [-0.25, -0.2) is 14.6 Å². The van der Waals surface area contributed by atoms with Crippen LogP contribution < -0.4 is 15.8 Å². The maximum atomic E-state index is 13.2. The number of hydrogen-bond acceptors (Lipinski definition) is 3. The van der Waals surface area contributed by atoms with Gasteiger partial charge < -0.3 is 5.32 Å². The van der Waals surface area contributed by atoms with Crippen LogP contribution in [0.1, 0.15) is 5.56 Å². The third-order valence-corrected chi connectivity index (χ3v) is 3.91. The van der Waals surface area contributed by atoms with E-state index in [0.29, 0.717) is 18.7 Å². The molecule has 0 spiro atoms. The molecule has 116 valence electrons. The third kappa shape index (κ3) is 2.46. The molecule has 1 aromatic heterocycles. The number of fused-ring (bicyclic) bond motifs is 2. The minimum absolute atomic E-state index is 0.262. The minimum Gasteiger partial charge on any atom is -0.306 e. The van der Waals surface area contributed by atoms with Gasteiger partial charge in [0.1, 0.15) is 5.82 Å². The number of aromatic nitrogens is 2. The van der Waals surface area contributed by atoms with E-state index < -0.39 is 0 Å². The molecule has 0 bridgehead atoms. The molecule has 23 heavy (non-hydrogen) atoms. The fourth-order valence-electron chi connectivity index (χ4n) is 2.84. The molecule has 0 unspecified atom stereocenters. The van der Waals surface area contributed by atoms with Crippen LogP contribution in [-0.4, -0.2) is 22.8 Å². The molecular formula is C16H14FN5O. The fraction of sp³-hybridized carbons (Fsp3) is 0.125. The van der Waals surface area contributed by atoms with Gasteiger partial charge in [-0.1, -0.05) is 6.07 Å². The number of nitrogens with zero attached hydrogens (tertiary/aromatic N) is 2. The van der Waals surface area contributed by atoms with Gasteiger partial charge in [0.25, 0.3) is 0 Å². The first kappa shape index (κ1) is 13.6. The normalized spacial score (nSPS) is 13.2. The molecule has 6 nitrogen and oxygen atoms in total. The Hall–Kier alpha value is -3.09. The number of amides is 2. The van der Waals surface area contributed by atoms with Gasteiger partial charge in [0.2, 0.25) is 0 Å². The van der Waals surface area contributed by atoms with Gasteiger partial charge >= 0.3 is 6.03 Å². The topological polar surface area (TPSA) is 73.0 Å². The summed E-state index contributed by atoms with van der Waals surface area (Å²) in [6.45, 7) is 0.613. The van der Waals surface area contributed by atoms with E-state index in [0.717, 1.165) is 22.2 Å². The highest BCUT2D eigenvalue weighted by molar-refractivity contribution is 6.00. The quantitative estimate of drug-likeness (QED) is 0.681. The summed E-state index contributed by atoms with van der Waals surface area (Å²) in [7, 11) is 0. The van der Waals surface area contributed by atoms with Crippen LogP contribution in [0.15, 0.2) is 42.6 Å². The van der Waals surface area contributed by atoms with Gasteiger partial charge in [0.05, 0.1) is 23.1 Å². The van der Waals surface area contributed by atoms with Gasteiger partial charge in [0, 0.05) is 11.9 Å². The van der Waals surface area contributed by atoms with E-state index in [2.05, 4.69) is 20.9 Å². The summed E-state index contributed by atoms with van der Waals surface area (Å²) in [5.74, 6) is -0.262. The summed E-state index contributed by atoms with van der Waals surface area (Å²) in [6.07, 6.45) is 2.36. The third-order valence-electron chi connectivity index (χ3n) is 3.91. The molecule has 0 fully saturated rings. The summed E-state index contributed by atoms with van der Waals surface area (Å²) in [6, 6.07) is 9.75. The van der Waals surface area contributed by atoms with Crippen LogP contribution in [0.2, 0.25) is 0 Å². The molecule has 0 atom stereocenters. The van der Waals surface area contributed by atoms with E-state index in [4.69, 9.17) is 0 Å². The fourth-order valence-corrected chi connectivity index (χ4v) is 2.84. The molecular weight excluding hydrogens is 297 g/mol. The van der Waals surface area contributed by atoms with Crippen LogP contribution in [-0.2, 0) is 6.42 Å². The number of rotatable bonds is 2. The van der Waals surface area contributed by atoms with E-state index in [1.807, 2.05) is 18.2 Å². The Labute approximate surface area is 131 Å². The van der Waals surface area contributed by atoms with Gasteiger partial charge in [0.15, 0.2) is 0 Å². The van der Waals surface area contributed by atoms with Crippen molar-refractivity contribution in [3.63, 3.8) is 0 Å². The second kappa shape index (κ2) is 5.28. The Morgan fingerprint density at radius 1 is 1.30 bits per heavy atom. The molecule has 4 rings (SSSR count). The van der Waals surface area contributed by atoms with Gasteiger partial charge in [-0.3, -0.25) is 10.1 Å². The SMILES string of the molecule is O=C(Nc1cccc2[nH]ncc12)NN1CCc2cc(F)ccc21. The van der Waals surface area contributed by atoms with Crippen LogP contribution in [0, 0.1) is 5.82 Å². The molecule has 0 radical (unpaired) electrons. The smallest absolute Gasteiger partial charge is 0.306 e. The number of carbonyl (C=O) groups is 1. The lowest BCUT2D eigenvalue weighted by atomic mass is 10.2. The average Bonchev–Trinajstić information content (AvgIpc) is 3.15. The Morgan fingerprint density at radius 3 is 3.13 bits per heavy atom. The largest absolute Gasteiger partial charge is 0.338 e. The van der Waals surface area contributed by atoms with E-state index >= 15 is 0 Å². The van der Waals surface area contributed by atoms with Crippen LogP contribution in [0.3, 0.4) is 0 Å². The van der Waals surface area contributed by atoms with Crippen molar-refractivity contribution < 1.29 is 9.18 Å². The summed E-state index contributed by atoms with van der Waals surface area (Å²) in [5, 5.41) is 12.2. The molecule has 0 aliphatic carbocycles. The molecule has 1 aliphatic heterocycles. The van der Waals surface area contributed by atoms with E-state index in [1.165, 1.54) is 12.1 Å². The van der Waals surface area contributed by atoms with Gasteiger partial charge in [-0.05, 0) is 42.3 Å². The zero-order chi connectivity index (χ0) is 15.8. The molecule has 2 aromatic carbocycles. The lowest BCUT2D eigenvalue weighted by Gasteiger charge is -2.20. The first-order chi connectivity index (χ1) is 11.2. The minimum atomic E-state index is -0.351. The molecule has 2 amide bonds. The molecule has 1 aliphatic rings. The van der Waals surface area contributed by atoms with E-state index in [9.17, 15) is 9.18 Å². The molecule has 3 N–H and O–H groups in total. The Balaban J connectivity index is 1.50. The Kier molecular flexibility index (Phi) is 3.11. The maximum Gasteiger partial charge on any atom is 0.338 e. The molecule has 0 saturated carbocycles. The molecule has 3 aromatic rings. The van der Waals surface area contributed by atoms with Gasteiger partial charge in [-0.2, -0.15) is 5.10 Å². The van der Waals surface area contributed by atoms with Crippen LogP contribution in [0.4, 0.5) is 20.6 Å². The number of hydrazine groups is 1. The first-order valence-corrected chi connectivity index (χ1v) is 7.26. The maximum absolute atomic E-state index is 13.2. The number of halogens is 1. The van der Waals surface area contributed by atoms with E-state index in [1.54, 1.807) is 17.3 Å². The van der Waals surface area contributed by atoms with Crippen molar-refractivity contribution in [3.05, 3.63) is 54.0 Å². The predicted molar refractivity (Wildman–Crippen MR) is 85.7 cm³/mol. The Bertz CT molecular complexity index is 891. The highest BCUT2D eigenvalue weighted by Gasteiger charge is 2.21. The standard InChI is InChI=1S/C16H14FN5O/c17-11-4-5-15-10(8-11)6-7-22(15)21-16(23)19-13-2-1-3-14-12(13)9-18-20-14/h1-5,8-9H,6-7H2,(H,18,20)(H2,19,21,23). The molecule has 2 heterocycles. The monoisotopic (exact) mass is 311 g/mol. The van der Waals surface area contributed by atoms with Gasteiger partial charge in [-0.15, -0.1) is 0 Å². The first-order valence-electron chi connectivity index (χ1n) is 7.26. The van der Waals surface area contributed by atoms with Crippen LogP contribution in [0.5, 0.6) is 0 Å². The average molecular weight is 311 g/mol. The highest BCUT2D eigenvalue weighted by atomic mass is 19.1. The number of anilines is 2. The number of urea groups is 1. The summed E-state index contributed by atoms with van der Waals surface area (Å²) < 4.78 is 13.2. The summed E-state index contributed by atoms with van der Waals surface area (Å²) in [5.41, 5.74) is 6.03. The van der Waals surface area contributed by atoms with Crippen LogP contribution >= 0.6 is 0 Å². The van der Waals surface area contributed by atoms with Crippen LogP contribution in [0.25, 0.3) is 10.9 Å². The molecule has 7 heteroatoms. The number of H-pyrrole nitrogens is 1. The van der Waals surface area contributed by atoms with E-state index in [-0.39, 0.29) is 11.8 Å². The number of carbonyl (C=O) groups excluding carboxylic acids is 1. The zero-order valence-electron chi connectivity index (χ0n) is 12.1. The second-order valence-electron chi connectivity index (χ2n) is 5.38. The zero-order valence-corrected chi connectivity index (χ0v) is 12.1. The second-order valence-corrected chi connectivity index (χ2v) is 5.38. The van der Waals surface area contributed by atoms with Crippen molar-refractivity contribution in [2.24, 2.45) is 0 Å². The summed E-state index contributed by atoms with van der Waals surface area (Å²) in [4.78, 5) is 12.2. The lowest BCUT2D eigenvalue weighted by molar-refractivity contribution is 0.251. The molecule has 0 saturated heterocycles. The Morgan fingerprint density at radius 2 is 2.22 bits per heavy atom. The van der Waals surface area contributed by atoms with Crippen molar-refractivity contribution >= 4 is 28.3 Å². The number of aromatic amines is 1. The summed E-state index contributed by atoms with van der Waals surface area (Å²) >= 11 is 0. The highest BCUT2D eigenvalue weighted by Crippen LogP contribution is 2.27. The predicted octanol–water partition coefficient (Wildman–Crippen LogP) is 2.80. The van der Waals surface area contributed by atoms with Crippen molar-refractivity contribution in [2.45, 2.75) is 6.42 Å². The number of hydrogen-bond donors (Lipinski definition) is 3. The number of benzene rings is 2. The van der Waals surface area contributed by atoms with Crippen molar-refractivity contribution in [2.75, 3.05) is 16.9 Å².